The van der Waals surface area contributed by atoms with Crippen molar-refractivity contribution in [3.63, 3.8) is 0 Å². The molecule has 138 valence electrons. The minimum absolute atomic E-state index is 0.164. The van der Waals surface area contributed by atoms with Gasteiger partial charge in [0.05, 0.1) is 5.36 Å². The lowest BCUT2D eigenvalue weighted by Crippen LogP contribution is -2.50. The number of amidine groups is 1. The van der Waals surface area contributed by atoms with Crippen molar-refractivity contribution in [3.8, 4) is 0 Å². The van der Waals surface area contributed by atoms with E-state index < -0.39 is 6.17 Å². The van der Waals surface area contributed by atoms with E-state index in [1.54, 1.807) is 16.8 Å². The quantitative estimate of drug-likeness (QED) is 0.805. The van der Waals surface area contributed by atoms with Crippen LogP contribution < -0.4 is 15.9 Å². The highest BCUT2D eigenvalue weighted by atomic mass is 35.5. The molecule has 0 radical (unpaired) electrons. The monoisotopic (exact) mass is 398 g/mol. The molecule has 0 aromatic heterocycles. The number of hydrogen-bond acceptors (Lipinski definition) is 5. The Morgan fingerprint density at radius 3 is 2.78 bits per heavy atom. The first kappa shape index (κ1) is 18.1. The van der Waals surface area contributed by atoms with Gasteiger partial charge in [0.25, 0.3) is 5.91 Å². The van der Waals surface area contributed by atoms with Gasteiger partial charge in [-0.25, -0.2) is 5.01 Å². The normalized spacial score (nSPS) is 18.2. The lowest BCUT2D eigenvalue weighted by molar-refractivity contribution is -0.116. The van der Waals surface area contributed by atoms with Crippen LogP contribution in [0.15, 0.2) is 58.6 Å². The maximum absolute atomic E-state index is 12.9. The third-order valence-electron chi connectivity index (χ3n) is 4.44. The first-order valence-electron chi connectivity index (χ1n) is 8.92. The van der Waals surface area contributed by atoms with Crippen LogP contribution in [0.2, 0.25) is 5.02 Å². The molecule has 1 N–H and O–H groups in total. The molecule has 7 heteroatoms. The summed E-state index contributed by atoms with van der Waals surface area (Å²) in [6.45, 7) is 2.14. The van der Waals surface area contributed by atoms with Crippen molar-refractivity contribution in [1.82, 2.24) is 10.3 Å². The van der Waals surface area contributed by atoms with Crippen molar-refractivity contribution in [2.45, 2.75) is 25.9 Å². The highest BCUT2D eigenvalue weighted by Crippen LogP contribution is 2.34. The number of fused-ring (bicyclic) bond motifs is 2. The van der Waals surface area contributed by atoms with Crippen LogP contribution >= 0.6 is 23.4 Å². The third kappa shape index (κ3) is 3.47. The number of nitrogens with zero attached hydrogens (tertiary/aromatic N) is 3. The first-order chi connectivity index (χ1) is 13.2. The topological polar surface area (TPSA) is 57.1 Å². The molecule has 0 fully saturated rings. The molecule has 0 saturated heterocycles. The second kappa shape index (κ2) is 7.74. The van der Waals surface area contributed by atoms with Crippen molar-refractivity contribution < 1.29 is 4.79 Å². The highest BCUT2D eigenvalue weighted by Gasteiger charge is 2.35. The fraction of sp³-hybridized carbons (Fsp3) is 0.250. The van der Waals surface area contributed by atoms with Gasteiger partial charge in [-0.1, -0.05) is 73.1 Å². The zero-order valence-corrected chi connectivity index (χ0v) is 16.4. The molecule has 0 aliphatic carbocycles. The van der Waals surface area contributed by atoms with Gasteiger partial charge >= 0.3 is 0 Å². The molecule has 27 heavy (non-hydrogen) atoms. The van der Waals surface area contributed by atoms with Gasteiger partial charge in [0.1, 0.15) is 5.70 Å². The minimum Gasteiger partial charge on any atom is -0.298 e. The summed E-state index contributed by atoms with van der Waals surface area (Å²) in [4.78, 5) is 17.8. The van der Waals surface area contributed by atoms with Crippen LogP contribution in [0, 0.1) is 0 Å². The largest absolute Gasteiger partial charge is 0.298 e. The van der Waals surface area contributed by atoms with Crippen LogP contribution in [0.4, 0.5) is 0 Å². The highest BCUT2D eigenvalue weighted by molar-refractivity contribution is 8.13. The molecule has 2 heterocycles. The van der Waals surface area contributed by atoms with Gasteiger partial charge in [0, 0.05) is 21.6 Å². The van der Waals surface area contributed by atoms with E-state index in [2.05, 4.69) is 12.2 Å². The van der Waals surface area contributed by atoms with Gasteiger partial charge in [-0.05, 0) is 18.6 Å². The maximum atomic E-state index is 12.9. The Labute approximate surface area is 166 Å². The van der Waals surface area contributed by atoms with Gasteiger partial charge < -0.3 is 0 Å². The molecule has 2 aromatic rings. The summed E-state index contributed by atoms with van der Waals surface area (Å²) in [5, 5.41) is 12.1. The molecule has 5 nitrogen and oxygen atoms in total. The van der Waals surface area contributed by atoms with Crippen molar-refractivity contribution >= 4 is 40.1 Å². The Morgan fingerprint density at radius 1 is 1.19 bits per heavy atom. The van der Waals surface area contributed by atoms with Crippen molar-refractivity contribution in [3.05, 3.63) is 69.7 Å². The number of para-hydroxylation sites is 1. The molecule has 0 saturated carbocycles. The van der Waals surface area contributed by atoms with Gasteiger partial charge in [0.15, 0.2) is 11.3 Å². The summed E-state index contributed by atoms with van der Waals surface area (Å²) in [6.07, 6.45) is 1.69. The number of carbonyl (C=O) groups is 1. The fourth-order valence-corrected chi connectivity index (χ4v) is 4.26. The van der Waals surface area contributed by atoms with E-state index in [9.17, 15) is 4.79 Å². The van der Waals surface area contributed by atoms with Crippen LogP contribution in [0.1, 0.15) is 31.5 Å². The average Bonchev–Trinajstić information content (AvgIpc) is 2.68. The molecule has 0 unspecified atom stereocenters. The summed E-state index contributed by atoms with van der Waals surface area (Å²) in [5.41, 5.74) is 1.33. The molecule has 0 spiro atoms. The SMILES string of the molecule is CCCCSC1=NN2C(=c3ccccc3=N[C@H]2c2ccccc2Cl)C(=O)N1. The lowest BCUT2D eigenvalue weighted by atomic mass is 10.1. The summed E-state index contributed by atoms with van der Waals surface area (Å²) in [7, 11) is 0. The number of thioether (sulfide) groups is 1. The van der Waals surface area contributed by atoms with E-state index in [0.717, 1.165) is 34.7 Å². The van der Waals surface area contributed by atoms with Gasteiger partial charge in [-0.2, -0.15) is 0 Å². The molecule has 4 rings (SSSR count). The third-order valence-corrected chi connectivity index (χ3v) is 5.73. The number of hydrogen-bond donors (Lipinski definition) is 1. The zero-order chi connectivity index (χ0) is 18.8. The number of benzene rings is 2. The molecular formula is C20H19ClN4OS. The van der Waals surface area contributed by atoms with Crippen LogP contribution in [0.5, 0.6) is 0 Å². The zero-order valence-electron chi connectivity index (χ0n) is 14.9. The number of carbonyl (C=O) groups excluding carboxylic acids is 1. The van der Waals surface area contributed by atoms with E-state index >= 15 is 0 Å². The smallest absolute Gasteiger partial charge is 0.276 e. The van der Waals surface area contributed by atoms with Crippen LogP contribution in [-0.4, -0.2) is 21.8 Å². The Hall–Kier alpha value is -2.31. The average molecular weight is 399 g/mol. The van der Waals surface area contributed by atoms with Crippen LogP contribution in [-0.2, 0) is 4.79 Å². The summed E-state index contributed by atoms with van der Waals surface area (Å²) in [5.74, 6) is 0.743. The van der Waals surface area contributed by atoms with Crippen LogP contribution in [0.3, 0.4) is 0 Å². The number of amides is 1. The molecular weight excluding hydrogens is 380 g/mol. The molecule has 0 bridgehead atoms. The van der Waals surface area contributed by atoms with E-state index in [1.807, 2.05) is 48.5 Å². The van der Waals surface area contributed by atoms with Gasteiger partial charge in [0.2, 0.25) is 0 Å². The minimum atomic E-state index is -0.476. The Kier molecular flexibility index (Phi) is 5.18. The van der Waals surface area contributed by atoms with E-state index in [4.69, 9.17) is 21.7 Å². The Morgan fingerprint density at radius 2 is 1.96 bits per heavy atom. The molecule has 2 aliphatic heterocycles. The van der Waals surface area contributed by atoms with Gasteiger partial charge in [-0.15, -0.1) is 5.10 Å². The van der Waals surface area contributed by atoms with E-state index in [1.165, 1.54) is 0 Å². The molecule has 2 aromatic carbocycles. The Bertz CT molecular complexity index is 1040. The summed E-state index contributed by atoms with van der Waals surface area (Å²) < 4.78 is 0. The standard InChI is InChI=1S/C20H19ClN4OS/c1-2-3-12-27-20-23-19(26)17-14-9-5-7-11-16(14)22-18(25(17)24-20)13-8-4-6-10-15(13)21/h4-11,18H,2-3,12H2,1H3,(H,23,24,26)/t18-/m1/s1. The molecule has 1 amide bonds. The predicted octanol–water partition coefficient (Wildman–Crippen LogP) is 3.02. The second-order valence-corrected chi connectivity index (χ2v) is 7.79. The number of rotatable bonds is 4. The van der Waals surface area contributed by atoms with E-state index in [0.29, 0.717) is 15.9 Å². The van der Waals surface area contributed by atoms with Crippen LogP contribution in [0.25, 0.3) is 5.70 Å². The fourth-order valence-electron chi connectivity index (χ4n) is 3.09. The first-order valence-corrected chi connectivity index (χ1v) is 10.3. The number of halogens is 1. The predicted molar refractivity (Wildman–Crippen MR) is 110 cm³/mol. The Balaban J connectivity index is 1.86. The summed E-state index contributed by atoms with van der Waals surface area (Å²) >= 11 is 7.99. The molecule has 2 aliphatic rings. The number of hydrazone groups is 1. The number of nitrogens with one attached hydrogen (secondary N) is 1. The number of unbranched alkanes of at least 4 members (excludes halogenated alkanes) is 1. The maximum Gasteiger partial charge on any atom is 0.276 e. The lowest BCUT2D eigenvalue weighted by Gasteiger charge is -2.34. The van der Waals surface area contributed by atoms with Crippen molar-refractivity contribution in [2.24, 2.45) is 10.1 Å². The molecule has 1 atom stereocenters. The van der Waals surface area contributed by atoms with Gasteiger partial charge in [-0.3, -0.25) is 15.1 Å². The van der Waals surface area contributed by atoms with E-state index in [-0.39, 0.29) is 5.91 Å². The second-order valence-electron chi connectivity index (χ2n) is 6.30. The van der Waals surface area contributed by atoms with Crippen molar-refractivity contribution in [2.75, 3.05) is 5.75 Å². The van der Waals surface area contributed by atoms with Crippen molar-refractivity contribution in [1.29, 1.82) is 0 Å². The summed E-state index contributed by atoms with van der Waals surface area (Å²) in [6, 6.07) is 15.2.